The largest absolute Gasteiger partial charge is 0.362 e. The number of benzene rings is 1. The molecule has 108 valence electrons. The third-order valence-corrected chi connectivity index (χ3v) is 4.30. The third kappa shape index (κ3) is 2.32. The summed E-state index contributed by atoms with van der Waals surface area (Å²) in [6, 6.07) is 10.7. The van der Waals surface area contributed by atoms with Gasteiger partial charge in [-0.15, -0.1) is 10.2 Å². The zero-order valence-electron chi connectivity index (χ0n) is 12.2. The fourth-order valence-corrected chi connectivity index (χ4v) is 3.30. The van der Waals surface area contributed by atoms with Gasteiger partial charge in [0.05, 0.1) is 11.2 Å². The minimum absolute atomic E-state index is 0.258. The van der Waals surface area contributed by atoms with Gasteiger partial charge >= 0.3 is 0 Å². The van der Waals surface area contributed by atoms with Crippen LogP contribution in [0.1, 0.15) is 31.9 Å². The molecule has 0 spiro atoms. The van der Waals surface area contributed by atoms with Crippen molar-refractivity contribution in [2.45, 2.75) is 38.3 Å². The normalized spacial score (nSPS) is 22.2. The number of piperidine rings is 1. The first-order valence-electron chi connectivity index (χ1n) is 7.40. The Labute approximate surface area is 124 Å². The number of nitriles is 1. The molecule has 1 aromatic heterocycles. The number of nitrogens with two attached hydrogens (primary N) is 1. The Hall–Kier alpha value is -2.19. The molecule has 2 unspecified atom stereocenters. The highest BCUT2D eigenvalue weighted by Gasteiger charge is 2.30. The maximum absolute atomic E-state index is 9.44. The van der Waals surface area contributed by atoms with Crippen molar-refractivity contribution in [1.29, 1.82) is 5.26 Å². The molecular formula is C16H19N5. The average Bonchev–Trinajstić information content (AvgIpc) is 2.53. The predicted molar refractivity (Wildman–Crippen MR) is 82.9 cm³/mol. The fourth-order valence-electron chi connectivity index (χ4n) is 3.30. The minimum atomic E-state index is 0.258. The molecule has 5 nitrogen and oxygen atoms in total. The summed E-state index contributed by atoms with van der Waals surface area (Å²) in [6.07, 6.45) is 3.35. The van der Waals surface area contributed by atoms with Gasteiger partial charge in [-0.25, -0.2) is 0 Å². The second kappa shape index (κ2) is 5.66. The molecule has 0 bridgehead atoms. The summed E-state index contributed by atoms with van der Waals surface area (Å²) in [7, 11) is 0. The number of fused-ring (bicyclic) bond motifs is 1. The van der Waals surface area contributed by atoms with Crippen LogP contribution in [-0.4, -0.2) is 28.8 Å². The fraction of sp³-hybridized carbons (Fsp3) is 0.438. The Morgan fingerprint density at radius 1 is 1.33 bits per heavy atom. The molecule has 0 amide bonds. The molecule has 21 heavy (non-hydrogen) atoms. The Balaban J connectivity index is 2.24. The van der Waals surface area contributed by atoms with E-state index in [2.05, 4.69) is 28.1 Å². The molecule has 0 saturated carbocycles. The molecule has 1 fully saturated rings. The van der Waals surface area contributed by atoms with Crippen molar-refractivity contribution in [2.75, 3.05) is 11.4 Å². The van der Waals surface area contributed by atoms with Crippen LogP contribution in [-0.2, 0) is 0 Å². The summed E-state index contributed by atoms with van der Waals surface area (Å²) in [5.74, 6) is 0. The topological polar surface area (TPSA) is 78.8 Å². The van der Waals surface area contributed by atoms with Gasteiger partial charge < -0.3 is 10.6 Å². The Bertz CT molecular complexity index is 691. The second-order valence-electron chi connectivity index (χ2n) is 5.60. The Morgan fingerprint density at radius 2 is 2.14 bits per heavy atom. The van der Waals surface area contributed by atoms with Crippen molar-refractivity contribution in [3.05, 3.63) is 30.0 Å². The van der Waals surface area contributed by atoms with Crippen LogP contribution in [0.25, 0.3) is 10.9 Å². The average molecular weight is 281 g/mol. The van der Waals surface area contributed by atoms with Crippen LogP contribution in [0.2, 0.25) is 0 Å². The first-order valence-corrected chi connectivity index (χ1v) is 7.40. The summed E-state index contributed by atoms with van der Waals surface area (Å²) >= 11 is 0. The van der Waals surface area contributed by atoms with Gasteiger partial charge in [0.15, 0.2) is 5.69 Å². The second-order valence-corrected chi connectivity index (χ2v) is 5.60. The van der Waals surface area contributed by atoms with Gasteiger partial charge in [-0.2, -0.15) is 5.26 Å². The maximum Gasteiger partial charge on any atom is 0.187 e. The van der Waals surface area contributed by atoms with Crippen LogP contribution in [0.15, 0.2) is 24.3 Å². The van der Waals surface area contributed by atoms with E-state index in [1.165, 1.54) is 6.42 Å². The number of nitrogens with zero attached hydrogens (tertiary/aromatic N) is 4. The summed E-state index contributed by atoms with van der Waals surface area (Å²) < 4.78 is 0. The molecule has 1 aliphatic heterocycles. The zero-order valence-corrected chi connectivity index (χ0v) is 12.2. The van der Waals surface area contributed by atoms with E-state index in [0.717, 1.165) is 29.4 Å². The van der Waals surface area contributed by atoms with E-state index in [9.17, 15) is 5.26 Å². The van der Waals surface area contributed by atoms with E-state index in [0.29, 0.717) is 18.3 Å². The number of hydrogen-bond donors (Lipinski definition) is 1. The van der Waals surface area contributed by atoms with Crippen LogP contribution in [0.4, 0.5) is 5.69 Å². The van der Waals surface area contributed by atoms with Crippen molar-refractivity contribution in [3.8, 4) is 6.07 Å². The highest BCUT2D eigenvalue weighted by molar-refractivity contribution is 5.93. The quantitative estimate of drug-likeness (QED) is 0.913. The summed E-state index contributed by atoms with van der Waals surface area (Å²) in [5.41, 5.74) is 8.07. The van der Waals surface area contributed by atoms with Gasteiger partial charge in [0.1, 0.15) is 6.07 Å². The van der Waals surface area contributed by atoms with Gasteiger partial charge in [0.2, 0.25) is 0 Å². The van der Waals surface area contributed by atoms with E-state index >= 15 is 0 Å². The predicted octanol–water partition coefficient (Wildman–Crippen LogP) is 2.21. The first kappa shape index (κ1) is 13.8. The number of anilines is 1. The molecular weight excluding hydrogens is 262 g/mol. The lowest BCUT2D eigenvalue weighted by Gasteiger charge is -2.42. The van der Waals surface area contributed by atoms with Crippen LogP contribution in [0.5, 0.6) is 0 Å². The summed E-state index contributed by atoms with van der Waals surface area (Å²) in [4.78, 5) is 2.29. The van der Waals surface area contributed by atoms with Crippen molar-refractivity contribution in [3.63, 3.8) is 0 Å². The third-order valence-electron chi connectivity index (χ3n) is 4.30. The van der Waals surface area contributed by atoms with Crippen molar-refractivity contribution in [1.82, 2.24) is 10.2 Å². The summed E-state index contributed by atoms with van der Waals surface area (Å²) in [5, 5.41) is 18.7. The Morgan fingerprint density at radius 3 is 2.90 bits per heavy atom. The maximum atomic E-state index is 9.44. The molecule has 1 aliphatic rings. The minimum Gasteiger partial charge on any atom is -0.362 e. The molecule has 0 radical (unpaired) electrons. The lowest BCUT2D eigenvalue weighted by Crippen LogP contribution is -2.49. The van der Waals surface area contributed by atoms with E-state index < -0.39 is 0 Å². The van der Waals surface area contributed by atoms with Crippen molar-refractivity contribution < 1.29 is 0 Å². The van der Waals surface area contributed by atoms with Gasteiger partial charge in [0.25, 0.3) is 0 Å². The number of rotatable bonds is 2. The molecule has 1 saturated heterocycles. The lowest BCUT2D eigenvalue weighted by molar-refractivity contribution is 0.401. The lowest BCUT2D eigenvalue weighted by atomic mass is 9.94. The van der Waals surface area contributed by atoms with Gasteiger partial charge in [-0.3, -0.25) is 0 Å². The van der Waals surface area contributed by atoms with Gasteiger partial charge in [-0.1, -0.05) is 18.2 Å². The van der Waals surface area contributed by atoms with Crippen LogP contribution >= 0.6 is 0 Å². The first-order chi connectivity index (χ1) is 10.3. The molecule has 2 aromatic rings. The molecule has 2 atom stereocenters. The van der Waals surface area contributed by atoms with E-state index in [4.69, 9.17) is 5.73 Å². The van der Waals surface area contributed by atoms with Crippen molar-refractivity contribution in [2.24, 2.45) is 5.73 Å². The molecule has 2 heterocycles. The van der Waals surface area contributed by atoms with E-state index in [-0.39, 0.29) is 6.04 Å². The standard InChI is InChI=1S/C16H19N5/c1-11-5-4-6-12(9-17)21(11)16-13-7-2-3-8-14(13)19-20-15(16)10-18/h2-3,7-8,11-12H,4-6,9,17H2,1H3. The highest BCUT2D eigenvalue weighted by atomic mass is 15.2. The van der Waals surface area contributed by atoms with Gasteiger partial charge in [0, 0.05) is 24.0 Å². The van der Waals surface area contributed by atoms with Crippen LogP contribution < -0.4 is 10.6 Å². The van der Waals surface area contributed by atoms with Crippen LogP contribution in [0, 0.1) is 11.3 Å². The van der Waals surface area contributed by atoms with E-state index in [1.807, 2.05) is 24.3 Å². The number of aromatic nitrogens is 2. The smallest absolute Gasteiger partial charge is 0.187 e. The Kier molecular flexibility index (Phi) is 3.72. The molecule has 2 N–H and O–H groups in total. The van der Waals surface area contributed by atoms with Crippen LogP contribution in [0.3, 0.4) is 0 Å². The number of hydrogen-bond acceptors (Lipinski definition) is 5. The molecule has 3 rings (SSSR count). The molecule has 5 heteroatoms. The zero-order chi connectivity index (χ0) is 14.8. The van der Waals surface area contributed by atoms with Gasteiger partial charge in [-0.05, 0) is 32.3 Å². The monoisotopic (exact) mass is 281 g/mol. The SMILES string of the molecule is CC1CCCC(CN)N1c1c(C#N)nnc2ccccc12. The molecule has 1 aromatic carbocycles. The molecule has 0 aliphatic carbocycles. The summed E-state index contributed by atoms with van der Waals surface area (Å²) in [6.45, 7) is 2.78. The van der Waals surface area contributed by atoms with Crippen molar-refractivity contribution >= 4 is 16.6 Å². The van der Waals surface area contributed by atoms with E-state index in [1.54, 1.807) is 0 Å². The highest BCUT2D eigenvalue weighted by Crippen LogP contribution is 2.35.